The second-order valence-corrected chi connectivity index (χ2v) is 6.04. The number of rotatable bonds is 7. The summed E-state index contributed by atoms with van der Waals surface area (Å²) < 4.78 is 0. The molecule has 3 aromatic rings. The van der Waals surface area contributed by atoms with Gasteiger partial charge >= 0.3 is 0 Å². The first-order valence-electron chi connectivity index (χ1n) is 7.63. The van der Waals surface area contributed by atoms with Gasteiger partial charge in [-0.3, -0.25) is 14.7 Å². The summed E-state index contributed by atoms with van der Waals surface area (Å²) in [6.45, 7) is 0.345. The summed E-state index contributed by atoms with van der Waals surface area (Å²) >= 11 is 1.23. The normalized spacial score (nSPS) is 10.4. The highest BCUT2D eigenvalue weighted by molar-refractivity contribution is 7.13. The highest BCUT2D eigenvalue weighted by Gasteiger charge is 2.11. The molecular formula is C16H16N6O2S. The Hall–Kier alpha value is -3.07. The maximum absolute atomic E-state index is 11.9. The van der Waals surface area contributed by atoms with E-state index in [1.165, 1.54) is 16.8 Å². The molecule has 0 radical (unpaired) electrons. The van der Waals surface area contributed by atoms with Crippen LogP contribution in [-0.2, 0) is 16.1 Å². The van der Waals surface area contributed by atoms with E-state index in [-0.39, 0.29) is 24.7 Å². The number of carbonyl (C=O) groups excluding carboxylic acids is 2. The van der Waals surface area contributed by atoms with E-state index in [1.54, 1.807) is 6.20 Å². The number of nitrogens with one attached hydrogen (secondary N) is 3. The molecule has 0 saturated heterocycles. The summed E-state index contributed by atoms with van der Waals surface area (Å²) in [7, 11) is 0. The summed E-state index contributed by atoms with van der Waals surface area (Å²) in [6, 6.07) is 9.76. The molecule has 2 aromatic heterocycles. The number of benzene rings is 1. The number of anilines is 1. The fraction of sp³-hybridized carbons (Fsp3) is 0.188. The Kier molecular flexibility index (Phi) is 5.47. The molecule has 2 amide bonds. The topological polar surface area (TPSA) is 113 Å². The van der Waals surface area contributed by atoms with Crippen LogP contribution in [0.25, 0.3) is 11.3 Å². The van der Waals surface area contributed by atoms with Crippen molar-refractivity contribution in [3.8, 4) is 11.3 Å². The smallest absolute Gasteiger partial charge is 0.226 e. The second-order valence-electron chi connectivity index (χ2n) is 5.21. The average molecular weight is 356 g/mol. The minimum atomic E-state index is -0.264. The largest absolute Gasteiger partial charge is 0.352 e. The molecule has 0 atom stereocenters. The fourth-order valence-electron chi connectivity index (χ4n) is 2.22. The summed E-state index contributed by atoms with van der Waals surface area (Å²) in [5.41, 5.74) is 4.28. The predicted molar refractivity (Wildman–Crippen MR) is 93.6 cm³/mol. The van der Waals surface area contributed by atoms with Crippen LogP contribution in [0.1, 0.15) is 18.4 Å². The van der Waals surface area contributed by atoms with E-state index >= 15 is 0 Å². The van der Waals surface area contributed by atoms with Crippen molar-refractivity contribution in [3.05, 3.63) is 47.6 Å². The van der Waals surface area contributed by atoms with Crippen LogP contribution in [0, 0.1) is 0 Å². The molecule has 0 aliphatic rings. The van der Waals surface area contributed by atoms with Crippen LogP contribution in [0.4, 0.5) is 5.13 Å². The van der Waals surface area contributed by atoms with Gasteiger partial charge in [0.25, 0.3) is 0 Å². The van der Waals surface area contributed by atoms with Crippen molar-refractivity contribution >= 4 is 28.3 Å². The van der Waals surface area contributed by atoms with Gasteiger partial charge in [-0.25, -0.2) is 0 Å². The summed E-state index contributed by atoms with van der Waals surface area (Å²) in [6.07, 6.45) is 1.87. The van der Waals surface area contributed by atoms with Gasteiger partial charge in [-0.05, 0) is 5.56 Å². The van der Waals surface area contributed by atoms with Gasteiger partial charge in [-0.1, -0.05) is 41.7 Å². The zero-order chi connectivity index (χ0) is 17.5. The Labute approximate surface area is 147 Å². The molecule has 9 heteroatoms. The lowest BCUT2D eigenvalue weighted by molar-refractivity contribution is -0.124. The van der Waals surface area contributed by atoms with Gasteiger partial charge < -0.3 is 10.6 Å². The molecular weight excluding hydrogens is 340 g/mol. The van der Waals surface area contributed by atoms with Crippen LogP contribution in [0.3, 0.4) is 0 Å². The standard InChI is InChI=1S/C16H16N6O2S/c23-13(6-7-14(24)20-16-22-19-10-25-16)17-8-12-9-18-21-15(12)11-4-2-1-3-5-11/h1-5,9-10H,6-8H2,(H,17,23)(H,18,21)(H,20,22,24). The van der Waals surface area contributed by atoms with Gasteiger partial charge in [-0.15, -0.1) is 10.2 Å². The van der Waals surface area contributed by atoms with Gasteiger partial charge in [0.1, 0.15) is 5.51 Å². The Balaban J connectivity index is 1.47. The van der Waals surface area contributed by atoms with E-state index in [2.05, 4.69) is 31.0 Å². The first kappa shape index (κ1) is 16.8. The van der Waals surface area contributed by atoms with Crippen molar-refractivity contribution in [2.45, 2.75) is 19.4 Å². The number of carbonyl (C=O) groups is 2. The summed E-state index contributed by atoms with van der Waals surface area (Å²) in [5.74, 6) is -0.465. The molecule has 0 aliphatic heterocycles. The van der Waals surface area contributed by atoms with E-state index in [0.717, 1.165) is 16.8 Å². The van der Waals surface area contributed by atoms with Crippen LogP contribution < -0.4 is 10.6 Å². The number of aromatic amines is 1. The lowest BCUT2D eigenvalue weighted by Gasteiger charge is -2.06. The van der Waals surface area contributed by atoms with Crippen LogP contribution in [0.2, 0.25) is 0 Å². The van der Waals surface area contributed by atoms with Crippen molar-refractivity contribution in [3.63, 3.8) is 0 Å². The van der Waals surface area contributed by atoms with Crippen LogP contribution >= 0.6 is 11.3 Å². The van der Waals surface area contributed by atoms with Gasteiger partial charge in [0.2, 0.25) is 16.9 Å². The number of amides is 2. The lowest BCUT2D eigenvalue weighted by atomic mass is 10.1. The lowest BCUT2D eigenvalue weighted by Crippen LogP contribution is -2.24. The average Bonchev–Trinajstić information content (AvgIpc) is 3.30. The van der Waals surface area contributed by atoms with Crippen molar-refractivity contribution < 1.29 is 9.59 Å². The van der Waals surface area contributed by atoms with E-state index in [1.807, 2.05) is 30.3 Å². The van der Waals surface area contributed by atoms with E-state index < -0.39 is 0 Å². The van der Waals surface area contributed by atoms with Gasteiger partial charge in [0.15, 0.2) is 0 Å². The number of aromatic nitrogens is 4. The number of H-pyrrole nitrogens is 1. The highest BCUT2D eigenvalue weighted by Crippen LogP contribution is 2.20. The molecule has 128 valence electrons. The molecule has 0 unspecified atom stereocenters. The molecule has 8 nitrogen and oxygen atoms in total. The van der Waals surface area contributed by atoms with E-state index in [0.29, 0.717) is 11.7 Å². The summed E-state index contributed by atoms with van der Waals surface area (Å²) in [5, 5.41) is 20.1. The molecule has 3 N–H and O–H groups in total. The highest BCUT2D eigenvalue weighted by atomic mass is 32.1. The van der Waals surface area contributed by atoms with Crippen LogP contribution in [0.15, 0.2) is 42.0 Å². The molecule has 3 rings (SSSR count). The molecule has 2 heterocycles. The van der Waals surface area contributed by atoms with Gasteiger partial charge in [-0.2, -0.15) is 5.10 Å². The van der Waals surface area contributed by atoms with Crippen molar-refractivity contribution in [1.82, 2.24) is 25.7 Å². The molecule has 0 fully saturated rings. The minimum Gasteiger partial charge on any atom is -0.352 e. The molecule has 0 aliphatic carbocycles. The molecule has 0 bridgehead atoms. The van der Waals surface area contributed by atoms with Crippen LogP contribution in [0.5, 0.6) is 0 Å². The molecule has 25 heavy (non-hydrogen) atoms. The number of nitrogens with zero attached hydrogens (tertiary/aromatic N) is 3. The van der Waals surface area contributed by atoms with E-state index in [9.17, 15) is 9.59 Å². The first-order valence-corrected chi connectivity index (χ1v) is 8.50. The molecule has 1 aromatic carbocycles. The zero-order valence-corrected chi connectivity index (χ0v) is 14.0. The third-order valence-electron chi connectivity index (χ3n) is 3.44. The van der Waals surface area contributed by atoms with Crippen molar-refractivity contribution in [2.75, 3.05) is 5.32 Å². The number of hydrogen-bond donors (Lipinski definition) is 3. The third kappa shape index (κ3) is 4.70. The minimum absolute atomic E-state index is 0.0857. The second kappa shape index (κ2) is 8.15. The Bertz CT molecular complexity index is 831. The molecule has 0 saturated carbocycles. The Morgan fingerprint density at radius 1 is 1.12 bits per heavy atom. The summed E-state index contributed by atoms with van der Waals surface area (Å²) in [4.78, 5) is 23.7. The van der Waals surface area contributed by atoms with Crippen molar-refractivity contribution in [1.29, 1.82) is 0 Å². The maximum Gasteiger partial charge on any atom is 0.226 e. The van der Waals surface area contributed by atoms with Gasteiger partial charge in [0, 0.05) is 24.9 Å². The number of hydrogen-bond acceptors (Lipinski definition) is 6. The maximum atomic E-state index is 11.9. The molecule has 0 spiro atoms. The first-order chi connectivity index (χ1) is 12.2. The van der Waals surface area contributed by atoms with Crippen molar-refractivity contribution in [2.24, 2.45) is 0 Å². The van der Waals surface area contributed by atoms with E-state index in [4.69, 9.17) is 0 Å². The van der Waals surface area contributed by atoms with Crippen LogP contribution in [-0.4, -0.2) is 32.2 Å². The Morgan fingerprint density at radius 2 is 1.92 bits per heavy atom. The monoisotopic (exact) mass is 356 g/mol. The van der Waals surface area contributed by atoms with Gasteiger partial charge in [0.05, 0.1) is 11.9 Å². The Morgan fingerprint density at radius 3 is 2.68 bits per heavy atom. The third-order valence-corrected chi connectivity index (χ3v) is 4.05. The quantitative estimate of drug-likeness (QED) is 0.599. The fourth-order valence-corrected chi connectivity index (χ4v) is 2.68. The zero-order valence-electron chi connectivity index (χ0n) is 13.2. The predicted octanol–water partition coefficient (Wildman–Crippen LogP) is 1.96. The SMILES string of the molecule is O=C(CCC(=O)Nc1nncs1)NCc1cn[nH]c1-c1ccccc1.